The summed E-state index contributed by atoms with van der Waals surface area (Å²) in [6, 6.07) is 8.13. The quantitative estimate of drug-likeness (QED) is 0.862. The molecule has 2 heterocycles. The van der Waals surface area contributed by atoms with Gasteiger partial charge in [-0.25, -0.2) is 0 Å². The van der Waals surface area contributed by atoms with Crippen LogP contribution < -0.4 is 5.32 Å². The molecule has 1 N–H and O–H groups in total. The van der Waals surface area contributed by atoms with Crippen LogP contribution in [0.1, 0.15) is 49.3 Å². The Kier molecular flexibility index (Phi) is 4.15. The summed E-state index contributed by atoms with van der Waals surface area (Å²) in [5.41, 5.74) is 0. The zero-order valence-electron chi connectivity index (χ0n) is 12.4. The highest BCUT2D eigenvalue weighted by Gasteiger charge is 2.46. The Labute approximate surface area is 129 Å². The van der Waals surface area contributed by atoms with Crippen molar-refractivity contribution in [3.63, 3.8) is 0 Å². The van der Waals surface area contributed by atoms with E-state index in [1.807, 2.05) is 18.2 Å². The summed E-state index contributed by atoms with van der Waals surface area (Å²) in [5.74, 6) is 1.99. The first kappa shape index (κ1) is 14.4. The Morgan fingerprint density at radius 3 is 2.90 bits per heavy atom. The second-order valence-electron chi connectivity index (χ2n) is 6.17. The number of rotatable bonds is 6. The standard InChI is InChI=1S/C17H21NO2S/c1-11(2)9-14(16-6-4-8-21-16)18-17(19)13-10-12(13)15-5-3-7-20-15/h3-8,11-14H,9-10H2,1-2H3,(H,18,19). The normalized spacial score (nSPS) is 22.2. The minimum absolute atomic E-state index is 0.0748. The molecule has 4 heteroatoms. The van der Waals surface area contributed by atoms with Crippen LogP contribution in [0.25, 0.3) is 0 Å². The highest BCUT2D eigenvalue weighted by Crippen LogP contribution is 2.48. The fraction of sp³-hybridized carbons (Fsp3) is 0.471. The number of nitrogens with one attached hydrogen (secondary N) is 1. The van der Waals surface area contributed by atoms with Crippen LogP contribution in [-0.4, -0.2) is 5.91 Å². The minimum Gasteiger partial charge on any atom is -0.469 e. The third kappa shape index (κ3) is 3.38. The molecule has 3 nitrogen and oxygen atoms in total. The van der Waals surface area contributed by atoms with Crippen molar-refractivity contribution in [2.24, 2.45) is 11.8 Å². The fourth-order valence-corrected chi connectivity index (χ4v) is 3.58. The van der Waals surface area contributed by atoms with Gasteiger partial charge in [-0.3, -0.25) is 4.79 Å². The summed E-state index contributed by atoms with van der Waals surface area (Å²) in [5, 5.41) is 5.30. The van der Waals surface area contributed by atoms with E-state index >= 15 is 0 Å². The summed E-state index contributed by atoms with van der Waals surface area (Å²) in [6.07, 6.45) is 3.55. The van der Waals surface area contributed by atoms with E-state index in [4.69, 9.17) is 4.42 Å². The fourth-order valence-electron chi connectivity index (χ4n) is 2.79. The molecule has 3 atom stereocenters. The van der Waals surface area contributed by atoms with Gasteiger partial charge in [-0.1, -0.05) is 19.9 Å². The molecule has 2 aromatic heterocycles. The van der Waals surface area contributed by atoms with E-state index in [-0.39, 0.29) is 23.8 Å². The van der Waals surface area contributed by atoms with Crippen molar-refractivity contribution in [2.45, 2.75) is 38.6 Å². The Hall–Kier alpha value is -1.55. The lowest BCUT2D eigenvalue weighted by Crippen LogP contribution is -2.30. The Morgan fingerprint density at radius 2 is 2.29 bits per heavy atom. The number of furan rings is 1. The molecule has 3 rings (SSSR count). The highest BCUT2D eigenvalue weighted by molar-refractivity contribution is 7.10. The molecule has 3 unspecified atom stereocenters. The minimum atomic E-state index is 0.0748. The van der Waals surface area contributed by atoms with Crippen LogP contribution in [0.5, 0.6) is 0 Å². The zero-order chi connectivity index (χ0) is 14.8. The van der Waals surface area contributed by atoms with E-state index in [1.165, 1.54) is 4.88 Å². The van der Waals surface area contributed by atoms with Crippen molar-refractivity contribution < 1.29 is 9.21 Å². The second-order valence-corrected chi connectivity index (χ2v) is 7.15. The topological polar surface area (TPSA) is 42.2 Å². The van der Waals surface area contributed by atoms with Crippen molar-refractivity contribution in [2.75, 3.05) is 0 Å². The summed E-state index contributed by atoms with van der Waals surface area (Å²) in [6.45, 7) is 4.38. The molecule has 1 aliphatic rings. The van der Waals surface area contributed by atoms with Gasteiger partial charge in [-0.2, -0.15) is 0 Å². The first-order chi connectivity index (χ1) is 10.1. The van der Waals surface area contributed by atoms with Crippen LogP contribution in [0, 0.1) is 11.8 Å². The number of carbonyl (C=O) groups is 1. The van der Waals surface area contributed by atoms with E-state index in [1.54, 1.807) is 17.6 Å². The molecule has 1 amide bonds. The third-order valence-corrected chi connectivity index (χ3v) is 4.93. The molecule has 1 saturated carbocycles. The maximum Gasteiger partial charge on any atom is 0.224 e. The smallest absolute Gasteiger partial charge is 0.224 e. The molecular weight excluding hydrogens is 282 g/mol. The van der Waals surface area contributed by atoms with Crippen LogP contribution in [0.4, 0.5) is 0 Å². The van der Waals surface area contributed by atoms with E-state index in [2.05, 4.69) is 30.6 Å². The van der Waals surface area contributed by atoms with Gasteiger partial charge in [-0.05, 0) is 42.3 Å². The second kappa shape index (κ2) is 6.06. The van der Waals surface area contributed by atoms with Gasteiger partial charge in [-0.15, -0.1) is 11.3 Å². The van der Waals surface area contributed by atoms with Gasteiger partial charge >= 0.3 is 0 Å². The van der Waals surface area contributed by atoms with Gasteiger partial charge in [0.25, 0.3) is 0 Å². The lowest BCUT2D eigenvalue weighted by atomic mass is 10.0. The molecule has 112 valence electrons. The number of carbonyl (C=O) groups excluding carboxylic acids is 1. The first-order valence-corrected chi connectivity index (χ1v) is 8.40. The van der Waals surface area contributed by atoms with Gasteiger partial charge in [0, 0.05) is 16.7 Å². The van der Waals surface area contributed by atoms with Crippen LogP contribution in [-0.2, 0) is 4.79 Å². The molecule has 0 aliphatic heterocycles. The molecule has 0 spiro atoms. The molecule has 1 aliphatic carbocycles. The predicted molar refractivity (Wildman–Crippen MR) is 84.2 cm³/mol. The third-order valence-electron chi connectivity index (χ3n) is 3.95. The Balaban J connectivity index is 1.62. The highest BCUT2D eigenvalue weighted by atomic mass is 32.1. The largest absolute Gasteiger partial charge is 0.469 e. The van der Waals surface area contributed by atoms with Crippen LogP contribution >= 0.6 is 11.3 Å². The van der Waals surface area contributed by atoms with Crippen molar-refractivity contribution in [1.82, 2.24) is 5.32 Å². The molecular formula is C17H21NO2S. The predicted octanol–water partition coefficient (Wildman–Crippen LogP) is 4.35. The van der Waals surface area contributed by atoms with Crippen LogP contribution in [0.3, 0.4) is 0 Å². The molecule has 2 aromatic rings. The van der Waals surface area contributed by atoms with Crippen molar-refractivity contribution in [3.8, 4) is 0 Å². The van der Waals surface area contributed by atoms with Crippen molar-refractivity contribution >= 4 is 17.2 Å². The van der Waals surface area contributed by atoms with Gasteiger partial charge < -0.3 is 9.73 Å². The molecule has 1 fully saturated rings. The van der Waals surface area contributed by atoms with Gasteiger partial charge in [0.2, 0.25) is 5.91 Å². The molecule has 21 heavy (non-hydrogen) atoms. The van der Waals surface area contributed by atoms with E-state index in [0.717, 1.165) is 18.6 Å². The van der Waals surface area contributed by atoms with Crippen LogP contribution in [0.2, 0.25) is 0 Å². The van der Waals surface area contributed by atoms with Crippen LogP contribution in [0.15, 0.2) is 40.3 Å². The number of hydrogen-bond donors (Lipinski definition) is 1. The van der Waals surface area contributed by atoms with Gasteiger partial charge in [0.15, 0.2) is 0 Å². The number of thiophene rings is 1. The molecule has 0 aromatic carbocycles. The van der Waals surface area contributed by atoms with E-state index in [0.29, 0.717) is 5.92 Å². The Morgan fingerprint density at radius 1 is 1.43 bits per heavy atom. The SMILES string of the molecule is CC(C)CC(NC(=O)C1CC1c1ccco1)c1cccs1. The summed E-state index contributed by atoms with van der Waals surface area (Å²) in [4.78, 5) is 13.7. The molecule has 0 bridgehead atoms. The van der Waals surface area contributed by atoms with Crippen molar-refractivity contribution in [3.05, 3.63) is 46.5 Å². The molecule has 0 saturated heterocycles. The zero-order valence-corrected chi connectivity index (χ0v) is 13.2. The van der Waals surface area contributed by atoms with Gasteiger partial charge in [0.1, 0.15) is 5.76 Å². The summed E-state index contributed by atoms with van der Waals surface area (Å²) < 4.78 is 5.40. The van der Waals surface area contributed by atoms with Gasteiger partial charge in [0.05, 0.1) is 12.3 Å². The number of amides is 1. The lowest BCUT2D eigenvalue weighted by molar-refractivity contribution is -0.123. The summed E-state index contributed by atoms with van der Waals surface area (Å²) in [7, 11) is 0. The number of hydrogen-bond acceptors (Lipinski definition) is 3. The average molecular weight is 303 g/mol. The Bertz CT molecular complexity index is 574. The van der Waals surface area contributed by atoms with E-state index < -0.39 is 0 Å². The lowest BCUT2D eigenvalue weighted by Gasteiger charge is -2.19. The monoisotopic (exact) mass is 303 g/mol. The van der Waals surface area contributed by atoms with Crippen molar-refractivity contribution in [1.29, 1.82) is 0 Å². The maximum absolute atomic E-state index is 12.4. The maximum atomic E-state index is 12.4. The molecule has 0 radical (unpaired) electrons. The average Bonchev–Trinajstić information content (AvgIpc) is 2.90. The first-order valence-electron chi connectivity index (χ1n) is 7.52. The summed E-state index contributed by atoms with van der Waals surface area (Å²) >= 11 is 1.71. The van der Waals surface area contributed by atoms with E-state index in [9.17, 15) is 4.79 Å².